The van der Waals surface area contributed by atoms with Crippen LogP contribution in [-0.2, 0) is 22.5 Å². The Bertz CT molecular complexity index is 508. The maximum Gasteiger partial charge on any atom is 0.306 e. The predicted molar refractivity (Wildman–Crippen MR) is 73.1 cm³/mol. The second-order valence-electron chi connectivity index (χ2n) is 3.93. The Hall–Kier alpha value is -1.82. The Morgan fingerprint density at radius 2 is 2.47 bits per heavy atom. The van der Waals surface area contributed by atoms with Crippen LogP contribution in [0, 0.1) is 0 Å². The molecule has 6 heteroatoms. The molecule has 2 rings (SSSR count). The van der Waals surface area contributed by atoms with Crippen LogP contribution in [-0.4, -0.2) is 17.6 Å². The van der Waals surface area contributed by atoms with Gasteiger partial charge in [0.25, 0.3) is 0 Å². The Balaban J connectivity index is 1.77. The van der Waals surface area contributed by atoms with E-state index in [4.69, 9.17) is 9.15 Å². The van der Waals surface area contributed by atoms with Gasteiger partial charge in [-0.15, -0.1) is 11.3 Å². The molecule has 0 atom stereocenters. The number of carbonyl (C=O) groups is 1. The minimum atomic E-state index is -0.177. The van der Waals surface area contributed by atoms with Gasteiger partial charge in [-0.2, -0.15) is 0 Å². The number of aryl methyl sites for hydroxylation is 1. The predicted octanol–water partition coefficient (Wildman–Crippen LogP) is 2.84. The summed E-state index contributed by atoms with van der Waals surface area (Å²) in [6.45, 7) is 2.91. The third kappa shape index (κ3) is 4.40. The molecule has 1 N–H and O–H groups in total. The SMILES string of the molecule is CCOC(=O)CCc1csc(NCc2ccoc2)n1. The fourth-order valence-electron chi connectivity index (χ4n) is 1.54. The average Bonchev–Trinajstić information content (AvgIpc) is 3.06. The highest BCUT2D eigenvalue weighted by molar-refractivity contribution is 7.13. The minimum absolute atomic E-state index is 0.177. The Morgan fingerprint density at radius 1 is 1.58 bits per heavy atom. The summed E-state index contributed by atoms with van der Waals surface area (Å²) in [5.74, 6) is -0.177. The first-order chi connectivity index (χ1) is 9.28. The minimum Gasteiger partial charge on any atom is -0.472 e. The zero-order valence-electron chi connectivity index (χ0n) is 10.7. The zero-order chi connectivity index (χ0) is 13.5. The van der Waals surface area contributed by atoms with Crippen molar-refractivity contribution in [1.82, 2.24) is 4.98 Å². The maximum atomic E-state index is 11.2. The van der Waals surface area contributed by atoms with Crippen LogP contribution in [0.25, 0.3) is 0 Å². The topological polar surface area (TPSA) is 64.4 Å². The van der Waals surface area contributed by atoms with Gasteiger partial charge >= 0.3 is 5.97 Å². The fraction of sp³-hybridized carbons (Fsp3) is 0.385. The molecule has 19 heavy (non-hydrogen) atoms. The molecule has 0 saturated heterocycles. The first kappa shape index (κ1) is 13.6. The van der Waals surface area contributed by atoms with E-state index in [0.29, 0.717) is 26.0 Å². The summed E-state index contributed by atoms with van der Waals surface area (Å²) in [6.07, 6.45) is 4.33. The number of nitrogens with one attached hydrogen (secondary N) is 1. The van der Waals surface area contributed by atoms with E-state index in [1.54, 1.807) is 19.5 Å². The highest BCUT2D eigenvalue weighted by Gasteiger charge is 2.06. The lowest BCUT2D eigenvalue weighted by atomic mass is 10.2. The van der Waals surface area contributed by atoms with Gasteiger partial charge in [-0.3, -0.25) is 4.79 Å². The Kier molecular flexibility index (Phi) is 4.97. The largest absolute Gasteiger partial charge is 0.472 e. The van der Waals surface area contributed by atoms with Crippen molar-refractivity contribution in [3.63, 3.8) is 0 Å². The first-order valence-electron chi connectivity index (χ1n) is 6.13. The standard InChI is InChI=1S/C13H16N2O3S/c1-2-18-12(16)4-3-11-9-19-13(15-11)14-7-10-5-6-17-8-10/h5-6,8-9H,2-4,7H2,1H3,(H,14,15). The number of thiazole rings is 1. The number of esters is 1. The van der Waals surface area contributed by atoms with Crippen LogP contribution in [0.4, 0.5) is 5.13 Å². The van der Waals surface area contributed by atoms with E-state index in [2.05, 4.69) is 10.3 Å². The quantitative estimate of drug-likeness (QED) is 0.790. The molecule has 2 heterocycles. The van der Waals surface area contributed by atoms with Gasteiger partial charge in [0.05, 0.1) is 31.2 Å². The molecular weight excluding hydrogens is 264 g/mol. The smallest absolute Gasteiger partial charge is 0.306 e. The normalized spacial score (nSPS) is 10.4. The highest BCUT2D eigenvalue weighted by Crippen LogP contribution is 2.17. The van der Waals surface area contributed by atoms with E-state index >= 15 is 0 Å². The molecule has 0 saturated carbocycles. The summed E-state index contributed by atoms with van der Waals surface area (Å²) < 4.78 is 9.87. The van der Waals surface area contributed by atoms with Crippen molar-refractivity contribution < 1.29 is 13.9 Å². The van der Waals surface area contributed by atoms with Crippen molar-refractivity contribution in [1.29, 1.82) is 0 Å². The van der Waals surface area contributed by atoms with Crippen molar-refractivity contribution in [2.24, 2.45) is 0 Å². The number of anilines is 1. The van der Waals surface area contributed by atoms with E-state index in [0.717, 1.165) is 16.4 Å². The number of carbonyl (C=O) groups excluding carboxylic acids is 1. The van der Waals surface area contributed by atoms with Gasteiger partial charge in [0.15, 0.2) is 5.13 Å². The number of nitrogens with zero attached hydrogens (tertiary/aromatic N) is 1. The molecule has 2 aromatic rings. The lowest BCUT2D eigenvalue weighted by Crippen LogP contribution is -2.05. The van der Waals surface area contributed by atoms with Crippen LogP contribution in [0.2, 0.25) is 0 Å². The van der Waals surface area contributed by atoms with E-state index in [1.807, 2.05) is 11.4 Å². The molecule has 0 fully saturated rings. The molecule has 0 spiro atoms. The molecular formula is C13H16N2O3S. The third-order valence-corrected chi connectivity index (χ3v) is 3.31. The van der Waals surface area contributed by atoms with Gasteiger partial charge in [0.2, 0.25) is 0 Å². The molecule has 102 valence electrons. The second kappa shape index (κ2) is 6.94. The van der Waals surface area contributed by atoms with Gasteiger partial charge in [-0.1, -0.05) is 0 Å². The number of ether oxygens (including phenoxy) is 1. The van der Waals surface area contributed by atoms with Crippen LogP contribution < -0.4 is 5.32 Å². The lowest BCUT2D eigenvalue weighted by Gasteiger charge is -2.00. The summed E-state index contributed by atoms with van der Waals surface area (Å²) in [6, 6.07) is 1.91. The van der Waals surface area contributed by atoms with Crippen molar-refractivity contribution in [3.8, 4) is 0 Å². The molecule has 2 aromatic heterocycles. The van der Waals surface area contributed by atoms with E-state index in [9.17, 15) is 4.79 Å². The third-order valence-electron chi connectivity index (χ3n) is 2.47. The van der Waals surface area contributed by atoms with Gasteiger partial charge in [0, 0.05) is 23.9 Å². The summed E-state index contributed by atoms with van der Waals surface area (Å²) >= 11 is 1.53. The molecule has 5 nitrogen and oxygen atoms in total. The van der Waals surface area contributed by atoms with Gasteiger partial charge < -0.3 is 14.5 Å². The highest BCUT2D eigenvalue weighted by atomic mass is 32.1. The number of furan rings is 1. The summed E-state index contributed by atoms with van der Waals surface area (Å²) in [5.41, 5.74) is 1.98. The maximum absolute atomic E-state index is 11.2. The van der Waals surface area contributed by atoms with Crippen LogP contribution in [0.3, 0.4) is 0 Å². The van der Waals surface area contributed by atoms with Crippen molar-refractivity contribution in [2.75, 3.05) is 11.9 Å². The van der Waals surface area contributed by atoms with E-state index in [1.165, 1.54) is 11.3 Å². The molecule has 0 aliphatic rings. The van der Waals surface area contributed by atoms with Gasteiger partial charge in [0.1, 0.15) is 0 Å². The van der Waals surface area contributed by atoms with Gasteiger partial charge in [-0.25, -0.2) is 4.98 Å². The van der Waals surface area contributed by atoms with E-state index < -0.39 is 0 Å². The Morgan fingerprint density at radius 3 is 3.21 bits per heavy atom. The van der Waals surface area contributed by atoms with Crippen LogP contribution >= 0.6 is 11.3 Å². The molecule has 0 radical (unpaired) electrons. The fourth-order valence-corrected chi connectivity index (χ4v) is 2.28. The van der Waals surface area contributed by atoms with Crippen LogP contribution in [0.15, 0.2) is 28.4 Å². The Labute approximate surface area is 115 Å². The number of hydrogen-bond acceptors (Lipinski definition) is 6. The molecule has 0 aliphatic heterocycles. The van der Waals surface area contributed by atoms with Gasteiger partial charge in [-0.05, 0) is 13.0 Å². The second-order valence-corrected chi connectivity index (χ2v) is 4.79. The molecule has 0 unspecified atom stereocenters. The van der Waals surface area contributed by atoms with Crippen LogP contribution in [0.5, 0.6) is 0 Å². The number of aromatic nitrogens is 1. The molecule has 0 bridgehead atoms. The summed E-state index contributed by atoms with van der Waals surface area (Å²) in [4.78, 5) is 15.6. The molecule has 0 aliphatic carbocycles. The molecule has 0 amide bonds. The summed E-state index contributed by atoms with van der Waals surface area (Å²) in [7, 11) is 0. The first-order valence-corrected chi connectivity index (χ1v) is 7.01. The van der Waals surface area contributed by atoms with Crippen molar-refractivity contribution in [2.45, 2.75) is 26.3 Å². The summed E-state index contributed by atoms with van der Waals surface area (Å²) in [5, 5.41) is 6.01. The molecule has 0 aromatic carbocycles. The number of rotatable bonds is 7. The lowest BCUT2D eigenvalue weighted by molar-refractivity contribution is -0.143. The zero-order valence-corrected chi connectivity index (χ0v) is 11.5. The monoisotopic (exact) mass is 280 g/mol. The number of hydrogen-bond donors (Lipinski definition) is 1. The van der Waals surface area contributed by atoms with Crippen molar-refractivity contribution >= 4 is 22.4 Å². The van der Waals surface area contributed by atoms with E-state index in [-0.39, 0.29) is 5.97 Å². The van der Waals surface area contributed by atoms with Crippen LogP contribution in [0.1, 0.15) is 24.6 Å². The average molecular weight is 280 g/mol. The van der Waals surface area contributed by atoms with Crippen molar-refractivity contribution in [3.05, 3.63) is 35.2 Å².